The summed E-state index contributed by atoms with van der Waals surface area (Å²) in [7, 11) is 2.55. The first-order chi connectivity index (χ1) is 18.8. The lowest BCUT2D eigenvalue weighted by atomic mass is 10.0. The van der Waals surface area contributed by atoms with Crippen LogP contribution in [0.2, 0.25) is 0 Å². The standard InChI is InChI=1S/C28H29N3O8/c1-37-25-14-13-22(31(35)36)16-21(25)17-24(27(33)38-2)29-26(32)23(15-19-9-5-3-6-10-19)30-28(34)39-18-20-11-7-4-8-12-20/h3-14,16,23-24H,15,17-18H2,1-2H3,(H,29,32)(H,30,34)/t23-,24-/m1/s1. The highest BCUT2D eigenvalue weighted by atomic mass is 16.6. The molecule has 0 radical (unpaired) electrons. The summed E-state index contributed by atoms with van der Waals surface area (Å²) in [4.78, 5) is 49.3. The maximum absolute atomic E-state index is 13.4. The van der Waals surface area contributed by atoms with Crippen LogP contribution in [0.1, 0.15) is 16.7 Å². The molecule has 204 valence electrons. The van der Waals surface area contributed by atoms with Crippen LogP contribution in [0.15, 0.2) is 78.9 Å². The summed E-state index contributed by atoms with van der Waals surface area (Å²) in [6.45, 7) is 0.00369. The van der Waals surface area contributed by atoms with Crippen LogP contribution in [0.5, 0.6) is 5.75 Å². The predicted molar refractivity (Wildman–Crippen MR) is 141 cm³/mol. The van der Waals surface area contributed by atoms with Crippen molar-refractivity contribution in [1.82, 2.24) is 10.6 Å². The monoisotopic (exact) mass is 535 g/mol. The van der Waals surface area contributed by atoms with Crippen LogP contribution in [0, 0.1) is 10.1 Å². The van der Waals surface area contributed by atoms with Crippen LogP contribution in [-0.2, 0) is 38.5 Å². The van der Waals surface area contributed by atoms with Crippen LogP contribution in [0.3, 0.4) is 0 Å². The van der Waals surface area contributed by atoms with Gasteiger partial charge in [0.05, 0.1) is 19.1 Å². The number of ether oxygens (including phenoxy) is 3. The number of carbonyl (C=O) groups excluding carboxylic acids is 3. The summed E-state index contributed by atoms with van der Waals surface area (Å²) in [5.41, 5.74) is 1.65. The van der Waals surface area contributed by atoms with Gasteiger partial charge in [0.2, 0.25) is 5.91 Å². The third kappa shape index (κ3) is 8.56. The number of rotatable bonds is 12. The average Bonchev–Trinajstić information content (AvgIpc) is 2.95. The van der Waals surface area contributed by atoms with Gasteiger partial charge in [0.15, 0.2) is 0 Å². The molecule has 39 heavy (non-hydrogen) atoms. The van der Waals surface area contributed by atoms with E-state index in [0.717, 1.165) is 18.2 Å². The molecule has 0 saturated carbocycles. The molecule has 3 aromatic carbocycles. The molecule has 11 heteroatoms. The van der Waals surface area contributed by atoms with Gasteiger partial charge < -0.3 is 24.8 Å². The number of carbonyl (C=O) groups is 3. The topological polar surface area (TPSA) is 146 Å². The van der Waals surface area contributed by atoms with E-state index in [1.54, 1.807) is 36.4 Å². The molecule has 0 aliphatic carbocycles. The number of hydrogen-bond donors (Lipinski definition) is 2. The van der Waals surface area contributed by atoms with Gasteiger partial charge in [0.1, 0.15) is 24.4 Å². The van der Waals surface area contributed by atoms with Gasteiger partial charge in [-0.15, -0.1) is 0 Å². The van der Waals surface area contributed by atoms with Crippen molar-refractivity contribution in [3.63, 3.8) is 0 Å². The fourth-order valence-corrected chi connectivity index (χ4v) is 3.83. The van der Waals surface area contributed by atoms with Crippen molar-refractivity contribution in [2.75, 3.05) is 14.2 Å². The molecule has 0 heterocycles. The van der Waals surface area contributed by atoms with Gasteiger partial charge in [0, 0.05) is 30.5 Å². The largest absolute Gasteiger partial charge is 0.496 e. The fraction of sp³-hybridized carbons (Fsp3) is 0.250. The van der Waals surface area contributed by atoms with Crippen LogP contribution in [0.25, 0.3) is 0 Å². The van der Waals surface area contributed by atoms with E-state index >= 15 is 0 Å². The van der Waals surface area contributed by atoms with Gasteiger partial charge in [-0.1, -0.05) is 60.7 Å². The van der Waals surface area contributed by atoms with E-state index in [4.69, 9.17) is 14.2 Å². The second-order valence-electron chi connectivity index (χ2n) is 8.49. The summed E-state index contributed by atoms with van der Waals surface area (Å²) >= 11 is 0. The molecule has 0 bridgehead atoms. The summed E-state index contributed by atoms with van der Waals surface area (Å²) in [6.07, 6.45) is -0.856. The molecular formula is C28H29N3O8. The lowest BCUT2D eigenvalue weighted by molar-refractivity contribution is -0.384. The second-order valence-corrected chi connectivity index (χ2v) is 8.49. The Kier molecular flexibility index (Phi) is 10.4. The van der Waals surface area contributed by atoms with Gasteiger partial charge in [0.25, 0.3) is 5.69 Å². The smallest absolute Gasteiger partial charge is 0.408 e. The number of hydrogen-bond acceptors (Lipinski definition) is 8. The van der Waals surface area contributed by atoms with E-state index in [-0.39, 0.29) is 25.1 Å². The van der Waals surface area contributed by atoms with Gasteiger partial charge in [-0.3, -0.25) is 14.9 Å². The number of nitrogens with one attached hydrogen (secondary N) is 2. The number of esters is 1. The van der Waals surface area contributed by atoms with E-state index in [9.17, 15) is 24.5 Å². The zero-order valence-electron chi connectivity index (χ0n) is 21.5. The Hall–Kier alpha value is -4.93. The average molecular weight is 536 g/mol. The van der Waals surface area contributed by atoms with E-state index < -0.39 is 35.0 Å². The number of benzene rings is 3. The molecule has 3 aromatic rings. The van der Waals surface area contributed by atoms with E-state index in [0.29, 0.717) is 11.3 Å². The Morgan fingerprint density at radius 1 is 0.846 bits per heavy atom. The Balaban J connectivity index is 1.79. The lowest BCUT2D eigenvalue weighted by Crippen LogP contribution is -2.53. The van der Waals surface area contributed by atoms with Gasteiger partial charge in [-0.05, 0) is 17.2 Å². The van der Waals surface area contributed by atoms with Crippen molar-refractivity contribution in [3.05, 3.63) is 106 Å². The molecule has 0 aliphatic rings. The van der Waals surface area contributed by atoms with Crippen molar-refractivity contribution in [3.8, 4) is 5.75 Å². The predicted octanol–water partition coefficient (Wildman–Crippen LogP) is 3.34. The third-order valence-electron chi connectivity index (χ3n) is 5.81. The number of nitro benzene ring substituents is 1. The number of amides is 2. The molecule has 0 spiro atoms. The van der Waals surface area contributed by atoms with Crippen LogP contribution >= 0.6 is 0 Å². The third-order valence-corrected chi connectivity index (χ3v) is 5.81. The van der Waals surface area contributed by atoms with Crippen molar-refractivity contribution in [2.45, 2.75) is 31.5 Å². The molecule has 0 saturated heterocycles. The van der Waals surface area contributed by atoms with Gasteiger partial charge in [-0.2, -0.15) is 0 Å². The van der Waals surface area contributed by atoms with E-state index in [2.05, 4.69) is 10.6 Å². The first-order valence-corrected chi connectivity index (χ1v) is 12.0. The highest BCUT2D eigenvalue weighted by molar-refractivity contribution is 5.90. The minimum atomic E-state index is -1.22. The Bertz CT molecular complexity index is 1280. The molecule has 0 unspecified atom stereocenters. The zero-order valence-corrected chi connectivity index (χ0v) is 21.5. The Morgan fingerprint density at radius 3 is 2.08 bits per heavy atom. The Morgan fingerprint density at radius 2 is 1.49 bits per heavy atom. The molecule has 2 amide bonds. The van der Waals surface area contributed by atoms with E-state index in [1.165, 1.54) is 25.3 Å². The van der Waals surface area contributed by atoms with Crippen LogP contribution < -0.4 is 15.4 Å². The van der Waals surface area contributed by atoms with Crippen molar-refractivity contribution >= 4 is 23.7 Å². The molecule has 2 N–H and O–H groups in total. The summed E-state index contributed by atoms with van der Waals surface area (Å²) in [5, 5.41) is 16.4. The quantitative estimate of drug-likeness (QED) is 0.204. The summed E-state index contributed by atoms with van der Waals surface area (Å²) < 4.78 is 15.4. The molecule has 0 aromatic heterocycles. The Labute approximate surface area is 225 Å². The van der Waals surface area contributed by atoms with Crippen molar-refractivity contribution in [2.24, 2.45) is 0 Å². The second kappa shape index (κ2) is 14.1. The molecule has 3 rings (SSSR count). The van der Waals surface area contributed by atoms with Gasteiger partial charge in [-0.25, -0.2) is 9.59 Å². The number of methoxy groups -OCH3 is 2. The molecule has 0 fully saturated rings. The first-order valence-electron chi connectivity index (χ1n) is 12.0. The van der Waals surface area contributed by atoms with Crippen molar-refractivity contribution in [1.29, 1.82) is 0 Å². The molecular weight excluding hydrogens is 506 g/mol. The van der Waals surface area contributed by atoms with Crippen LogP contribution in [0.4, 0.5) is 10.5 Å². The number of nitrogens with zero attached hydrogens (tertiary/aromatic N) is 1. The van der Waals surface area contributed by atoms with E-state index in [1.807, 2.05) is 24.3 Å². The number of alkyl carbamates (subject to hydrolysis) is 1. The molecule has 0 aliphatic heterocycles. The maximum atomic E-state index is 13.4. The van der Waals surface area contributed by atoms with Crippen molar-refractivity contribution < 1.29 is 33.5 Å². The number of nitro groups is 1. The zero-order chi connectivity index (χ0) is 28.2. The minimum Gasteiger partial charge on any atom is -0.496 e. The SMILES string of the molecule is COC(=O)[C@@H](Cc1cc([N+](=O)[O-])ccc1OC)NC(=O)[C@@H](Cc1ccccc1)NC(=O)OCc1ccccc1. The fourth-order valence-electron chi connectivity index (χ4n) is 3.83. The first kappa shape index (κ1) is 28.6. The number of non-ortho nitro benzene ring substituents is 1. The van der Waals surface area contributed by atoms with Crippen LogP contribution in [-0.4, -0.2) is 49.2 Å². The molecule has 2 atom stereocenters. The minimum absolute atomic E-state index is 0.00369. The summed E-state index contributed by atoms with van der Waals surface area (Å²) in [6, 6.07) is 19.7. The highest BCUT2D eigenvalue weighted by Gasteiger charge is 2.29. The maximum Gasteiger partial charge on any atom is 0.408 e. The lowest BCUT2D eigenvalue weighted by Gasteiger charge is -2.23. The highest BCUT2D eigenvalue weighted by Crippen LogP contribution is 2.25. The normalized spacial score (nSPS) is 11.9. The molecule has 11 nitrogen and oxygen atoms in total. The summed E-state index contributed by atoms with van der Waals surface area (Å²) in [5.74, 6) is -1.15. The van der Waals surface area contributed by atoms with Gasteiger partial charge >= 0.3 is 12.1 Å².